The van der Waals surface area contributed by atoms with Crippen LogP contribution in [0.25, 0.3) is 0 Å². The highest BCUT2D eigenvalue weighted by Gasteiger charge is 2.23. The minimum Gasteiger partial charge on any atom is -0.494 e. The molecule has 9 N–H and O–H groups in total. The van der Waals surface area contributed by atoms with Gasteiger partial charge < -0.3 is 32.1 Å². The lowest BCUT2D eigenvalue weighted by molar-refractivity contribution is 0.0995. The van der Waals surface area contributed by atoms with Gasteiger partial charge in [0.15, 0.2) is 5.69 Å². The molecule has 56 heavy (non-hydrogen) atoms. The van der Waals surface area contributed by atoms with E-state index in [2.05, 4.69) is 61.4 Å². The molecule has 0 atom stereocenters. The van der Waals surface area contributed by atoms with Crippen molar-refractivity contribution in [1.29, 1.82) is 0 Å². The van der Waals surface area contributed by atoms with E-state index < -0.39 is 64.3 Å². The highest BCUT2D eigenvalue weighted by atomic mass is 35.5. The number of carbonyl (C=O) groups excluding carboxylic acids is 1. The minimum atomic E-state index is -4.87. The summed E-state index contributed by atoms with van der Waals surface area (Å²) in [5.41, 5.74) is 3.25. The molecule has 0 aliphatic rings. The van der Waals surface area contributed by atoms with Crippen molar-refractivity contribution < 1.29 is 35.8 Å². The summed E-state index contributed by atoms with van der Waals surface area (Å²) in [5.74, 6) is -1.99. The van der Waals surface area contributed by atoms with Gasteiger partial charge in [-0.2, -0.15) is 46.7 Å². The lowest BCUT2D eigenvalue weighted by atomic mass is 10.1. The van der Waals surface area contributed by atoms with E-state index in [1.54, 1.807) is 0 Å². The first-order valence-corrected chi connectivity index (χ1v) is 19.2. The third kappa shape index (κ3) is 9.75. The zero-order valence-corrected chi connectivity index (χ0v) is 31.8. The van der Waals surface area contributed by atoms with Crippen molar-refractivity contribution in [3.63, 3.8) is 0 Å². The molecule has 0 saturated carbocycles. The summed E-state index contributed by atoms with van der Waals surface area (Å²) in [6, 6.07) is 8.87. The van der Waals surface area contributed by atoms with Crippen LogP contribution < -0.4 is 32.6 Å². The smallest absolute Gasteiger partial charge is 0.296 e. The van der Waals surface area contributed by atoms with Crippen LogP contribution in [0.5, 0.6) is 5.88 Å². The minimum absolute atomic E-state index is 0.000815. The van der Waals surface area contributed by atoms with E-state index in [4.69, 9.17) is 28.9 Å². The first-order chi connectivity index (χ1) is 26.3. The van der Waals surface area contributed by atoms with E-state index in [9.17, 15) is 40.6 Å². The van der Waals surface area contributed by atoms with E-state index in [-0.39, 0.29) is 70.9 Å². The van der Waals surface area contributed by atoms with E-state index in [1.807, 2.05) is 0 Å². The number of nitrogens with one attached hydrogen (secondary N) is 4. The third-order valence-electron chi connectivity index (χ3n) is 7.29. The molecule has 1 amide bonds. The second-order valence-electron chi connectivity index (χ2n) is 11.0. The highest BCUT2D eigenvalue weighted by Crippen LogP contribution is 2.32. The monoisotopic (exact) mass is 850 g/mol. The van der Waals surface area contributed by atoms with Gasteiger partial charge in [-0.05, 0) is 67.4 Å². The van der Waals surface area contributed by atoms with Crippen molar-refractivity contribution in [2.45, 2.75) is 30.2 Å². The van der Waals surface area contributed by atoms with Crippen LogP contribution in [0.1, 0.15) is 22.8 Å². The first kappa shape index (κ1) is 41.1. The normalized spacial score (nSPS) is 11.8. The Balaban J connectivity index is 1.31. The highest BCUT2D eigenvalue weighted by molar-refractivity contribution is 7.86. The molecule has 0 radical (unpaired) electrons. The molecule has 0 unspecified atom stereocenters. The quantitative estimate of drug-likeness (QED) is 0.0424. The maximum atomic E-state index is 13.0. The maximum absolute atomic E-state index is 13.0. The fraction of sp³-hybridized carbons (Fsp3) is 0.172. The molecule has 5 aromatic rings. The summed E-state index contributed by atoms with van der Waals surface area (Å²) in [6.45, 7) is 3.02. The molecule has 3 aromatic heterocycles. The number of primary amides is 1. The van der Waals surface area contributed by atoms with E-state index in [0.29, 0.717) is 0 Å². The Morgan fingerprint density at radius 1 is 0.821 bits per heavy atom. The van der Waals surface area contributed by atoms with Crippen molar-refractivity contribution in [2.75, 3.05) is 34.4 Å². The summed E-state index contributed by atoms with van der Waals surface area (Å²) in [5, 5.41) is 28.9. The Morgan fingerprint density at radius 2 is 1.38 bits per heavy atom. The summed E-state index contributed by atoms with van der Waals surface area (Å²) < 4.78 is 68.0. The predicted molar refractivity (Wildman–Crippen MR) is 201 cm³/mol. The number of nitrogens with two attached hydrogens (primary N) is 1. The number of pyridine rings is 1. The number of aromatic nitrogens is 7. The topological polar surface area (TPSA) is 344 Å². The average Bonchev–Trinajstić information content (AvgIpc) is 3.09. The zero-order valence-electron chi connectivity index (χ0n) is 28.6. The van der Waals surface area contributed by atoms with Crippen molar-refractivity contribution in [3.8, 4) is 5.88 Å². The Hall–Kier alpha value is -6.12. The molecule has 23 nitrogen and oxygen atoms in total. The molecular formula is C29H28Cl2N14O9S2. The fourth-order valence-corrected chi connectivity index (χ4v) is 6.44. The zero-order chi connectivity index (χ0) is 40.9. The molecule has 0 fully saturated rings. The molecule has 27 heteroatoms. The number of anilines is 6. The summed E-state index contributed by atoms with van der Waals surface area (Å²) in [7, 11) is -9.43. The van der Waals surface area contributed by atoms with Gasteiger partial charge in [-0.1, -0.05) is 12.1 Å². The lowest BCUT2D eigenvalue weighted by Crippen LogP contribution is -2.25. The first-order valence-electron chi connectivity index (χ1n) is 15.6. The van der Waals surface area contributed by atoms with Crippen LogP contribution in [0.2, 0.25) is 10.6 Å². The molecule has 294 valence electrons. The SMILES string of the molecule is CCn1c(O)c(C(N)=O)c(C)c(N=Nc2cc(Nc3nc(Cl)nc(NCCNc4nc(Cl)nc(Nc5ccccc5S(=O)(=O)O)n4)n3)ccc2S(=O)(=O)O)c1=O. The summed E-state index contributed by atoms with van der Waals surface area (Å²) in [6.07, 6.45) is 0. The van der Waals surface area contributed by atoms with Gasteiger partial charge in [0.05, 0.1) is 5.69 Å². The van der Waals surface area contributed by atoms with Gasteiger partial charge in [0.2, 0.25) is 40.2 Å². The van der Waals surface area contributed by atoms with Crippen molar-refractivity contribution >= 4 is 95.9 Å². The van der Waals surface area contributed by atoms with Crippen LogP contribution in [-0.2, 0) is 26.8 Å². The molecule has 0 saturated heterocycles. The molecule has 3 heterocycles. The summed E-state index contributed by atoms with van der Waals surface area (Å²) >= 11 is 12.1. The van der Waals surface area contributed by atoms with Crippen molar-refractivity contribution in [2.24, 2.45) is 16.0 Å². The maximum Gasteiger partial charge on any atom is 0.296 e. The number of nitrogens with zero attached hydrogens (tertiary/aromatic N) is 9. The van der Waals surface area contributed by atoms with Gasteiger partial charge in [0.25, 0.3) is 31.7 Å². The Morgan fingerprint density at radius 3 is 1.93 bits per heavy atom. The second kappa shape index (κ2) is 16.7. The van der Waals surface area contributed by atoms with Crippen molar-refractivity contribution in [3.05, 3.63) is 74.5 Å². The molecule has 0 spiro atoms. The fourth-order valence-electron chi connectivity index (χ4n) is 4.87. The molecule has 5 rings (SSSR count). The van der Waals surface area contributed by atoms with Gasteiger partial charge >= 0.3 is 0 Å². The van der Waals surface area contributed by atoms with E-state index in [0.717, 1.165) is 16.7 Å². The standard InChI is InChI=1S/C29H28Cl2N14O9S2/c1-3-45-22(47)19(21(32)46)13(2)20(23(45)48)44-43-16-12-14(8-9-18(16)56(52,53)54)35-28-39-24(30)37-26(41-28)33-10-11-34-27-38-25(31)40-29(42-27)36-15-6-4-5-7-17(15)55(49,50)51/h4-9,12,47H,3,10-11H2,1-2H3,(H2,32,46)(H,49,50,51)(H,52,53,54)(H2,33,35,37,39,41)(H2,34,36,38,40,42). The van der Waals surface area contributed by atoms with Crippen LogP contribution in [0, 0.1) is 6.92 Å². The average molecular weight is 852 g/mol. The third-order valence-corrected chi connectivity index (χ3v) is 9.44. The number of hydrogen-bond acceptors (Lipinski definition) is 19. The Labute approximate surface area is 326 Å². The van der Waals surface area contributed by atoms with Gasteiger partial charge in [0, 0.05) is 30.9 Å². The van der Waals surface area contributed by atoms with Crippen LogP contribution in [0.4, 0.5) is 46.5 Å². The number of aromatic hydroxyl groups is 1. The number of benzene rings is 2. The number of carbonyl (C=O) groups is 1. The Kier molecular flexibility index (Phi) is 12.3. The number of rotatable bonds is 15. The number of amides is 1. The van der Waals surface area contributed by atoms with Gasteiger partial charge in [-0.3, -0.25) is 23.3 Å². The van der Waals surface area contributed by atoms with Crippen LogP contribution >= 0.6 is 23.2 Å². The molecule has 2 aromatic carbocycles. The largest absolute Gasteiger partial charge is 0.494 e. The number of hydrogen-bond donors (Lipinski definition) is 8. The number of para-hydroxylation sites is 1. The molecular weight excluding hydrogens is 823 g/mol. The second-order valence-corrected chi connectivity index (χ2v) is 14.5. The molecule has 0 bridgehead atoms. The van der Waals surface area contributed by atoms with Gasteiger partial charge in [-0.15, -0.1) is 10.2 Å². The Bertz CT molecular complexity index is 2670. The predicted octanol–water partition coefficient (Wildman–Crippen LogP) is 3.58. The van der Waals surface area contributed by atoms with Crippen LogP contribution in [0.15, 0.2) is 67.3 Å². The van der Waals surface area contributed by atoms with Crippen LogP contribution in [0.3, 0.4) is 0 Å². The van der Waals surface area contributed by atoms with Gasteiger partial charge in [-0.25, -0.2) is 0 Å². The van der Waals surface area contributed by atoms with E-state index in [1.165, 1.54) is 44.2 Å². The number of azo groups is 1. The molecule has 0 aliphatic carbocycles. The van der Waals surface area contributed by atoms with Crippen LogP contribution in [-0.4, -0.2) is 84.5 Å². The summed E-state index contributed by atoms with van der Waals surface area (Å²) in [4.78, 5) is 48.2. The van der Waals surface area contributed by atoms with E-state index >= 15 is 0 Å². The number of halogens is 2. The van der Waals surface area contributed by atoms with Gasteiger partial charge in [0.1, 0.15) is 21.0 Å². The molecule has 0 aliphatic heterocycles. The lowest BCUT2D eigenvalue weighted by Gasteiger charge is -2.13. The van der Waals surface area contributed by atoms with Crippen molar-refractivity contribution in [1.82, 2.24) is 34.5 Å².